The van der Waals surface area contributed by atoms with Crippen LogP contribution in [0.3, 0.4) is 0 Å². The second kappa shape index (κ2) is 10.4. The van der Waals surface area contributed by atoms with Crippen molar-refractivity contribution in [3.8, 4) is 17.1 Å². The van der Waals surface area contributed by atoms with Crippen LogP contribution in [0.15, 0.2) is 85.2 Å². The smallest absolute Gasteiger partial charge is 0.363 e. The lowest BCUT2D eigenvalue weighted by Crippen LogP contribution is -2.47. The van der Waals surface area contributed by atoms with Gasteiger partial charge < -0.3 is 11.1 Å². The zero-order valence-corrected chi connectivity index (χ0v) is 19.1. The highest BCUT2D eigenvalue weighted by Crippen LogP contribution is 2.30. The summed E-state index contributed by atoms with van der Waals surface area (Å²) in [5.41, 5.74) is 5.96. The Morgan fingerprint density at radius 2 is 1.65 bits per heavy atom. The van der Waals surface area contributed by atoms with Gasteiger partial charge >= 0.3 is 6.18 Å². The number of nitrogens with two attached hydrogens (primary N) is 1. The first kappa shape index (κ1) is 25.3. The van der Waals surface area contributed by atoms with Gasteiger partial charge in [0, 0.05) is 24.4 Å². The molecule has 0 radical (unpaired) electrons. The summed E-state index contributed by atoms with van der Waals surface area (Å²) >= 11 is 0. The number of hydrogen-bond donors (Lipinski definition) is 2. The Balaban J connectivity index is 1.59. The summed E-state index contributed by atoms with van der Waals surface area (Å²) in [6.45, 7) is 0. The minimum atomic E-state index is -4.46. The predicted molar refractivity (Wildman–Crippen MR) is 127 cm³/mol. The Bertz CT molecular complexity index is 1430. The number of amides is 2. The third-order valence-corrected chi connectivity index (χ3v) is 5.49. The van der Waals surface area contributed by atoms with E-state index in [0.29, 0.717) is 16.8 Å². The molecule has 0 aliphatic heterocycles. The molecule has 188 valence electrons. The van der Waals surface area contributed by atoms with E-state index in [2.05, 4.69) is 15.4 Å². The second-order valence-corrected chi connectivity index (χ2v) is 8.04. The molecule has 2 aromatic heterocycles. The first-order chi connectivity index (χ1) is 17.6. The van der Waals surface area contributed by atoms with Crippen LogP contribution in [0.25, 0.3) is 17.1 Å². The Labute approximate surface area is 208 Å². The average molecular weight is 507 g/mol. The van der Waals surface area contributed by atoms with Crippen molar-refractivity contribution in [3.05, 3.63) is 102 Å². The lowest BCUT2D eigenvalue weighted by atomic mass is 10.0. The van der Waals surface area contributed by atoms with Crippen LogP contribution in [0.4, 0.5) is 13.2 Å². The molecule has 4 aromatic rings. The van der Waals surface area contributed by atoms with Crippen LogP contribution in [0.2, 0.25) is 0 Å². The number of hydrogen-bond acceptors (Lipinski definition) is 5. The maximum Gasteiger partial charge on any atom is 0.416 e. The number of nitrogens with one attached hydrogen (secondary N) is 1. The zero-order valence-electron chi connectivity index (χ0n) is 19.1. The number of carbonyl (C=O) groups excluding carboxylic acids is 3. The van der Waals surface area contributed by atoms with Crippen molar-refractivity contribution in [1.82, 2.24) is 20.1 Å². The molecule has 3 N–H and O–H groups in total. The minimum absolute atomic E-state index is 0.0454. The highest BCUT2D eigenvalue weighted by atomic mass is 19.4. The summed E-state index contributed by atoms with van der Waals surface area (Å²) in [6.07, 6.45) is -1.48. The first-order valence-electron chi connectivity index (χ1n) is 11.0. The fraction of sp³-hybridized carbons (Fsp3) is 0.115. The van der Waals surface area contributed by atoms with Crippen molar-refractivity contribution >= 4 is 17.6 Å². The van der Waals surface area contributed by atoms with E-state index in [-0.39, 0.29) is 17.8 Å². The molecule has 37 heavy (non-hydrogen) atoms. The normalized spacial score (nSPS) is 12.1. The molecular formula is C26H20F3N5O3. The Hall–Kier alpha value is -4.80. The van der Waals surface area contributed by atoms with Gasteiger partial charge in [0.1, 0.15) is 6.04 Å². The van der Waals surface area contributed by atoms with Gasteiger partial charge in [-0.25, -0.2) is 9.67 Å². The number of halogens is 3. The standard InChI is InChI=1S/C26H20F3N5O3/c27-26(28,29)18-10-8-17(9-11-18)20-12-14-34(33-20)24-19(7-4-13-31-24)25(37)32-21(22(35)23(30)36)15-16-5-2-1-3-6-16/h1-14,21H,15H2,(H2,30,36)(H,32,37). The second-order valence-electron chi connectivity index (χ2n) is 8.04. The van der Waals surface area contributed by atoms with Gasteiger partial charge in [-0.3, -0.25) is 14.4 Å². The molecule has 0 spiro atoms. The molecule has 1 unspecified atom stereocenters. The zero-order chi connectivity index (χ0) is 26.6. The SMILES string of the molecule is NC(=O)C(=O)C(Cc1ccccc1)NC(=O)c1cccnc1-n1ccc(-c2ccc(C(F)(F)F)cc2)n1. The summed E-state index contributed by atoms with van der Waals surface area (Å²) in [5, 5.41) is 6.90. The predicted octanol–water partition coefficient (Wildman–Crippen LogP) is 3.35. The van der Waals surface area contributed by atoms with Crippen molar-refractivity contribution < 1.29 is 27.6 Å². The number of nitrogens with zero attached hydrogens (tertiary/aromatic N) is 3. The number of primary amides is 1. The molecule has 0 bridgehead atoms. The van der Waals surface area contributed by atoms with E-state index in [1.807, 2.05) is 0 Å². The molecule has 1 atom stereocenters. The number of carbonyl (C=O) groups is 3. The summed E-state index contributed by atoms with van der Waals surface area (Å²) in [7, 11) is 0. The van der Waals surface area contributed by atoms with Crippen LogP contribution in [0, 0.1) is 0 Å². The summed E-state index contributed by atoms with van der Waals surface area (Å²) in [6, 6.07) is 16.6. The molecule has 11 heteroatoms. The topological polar surface area (TPSA) is 120 Å². The van der Waals surface area contributed by atoms with Crippen molar-refractivity contribution in [2.75, 3.05) is 0 Å². The lowest BCUT2D eigenvalue weighted by molar-refractivity contribution is -0.137. The van der Waals surface area contributed by atoms with Crippen LogP contribution in [0.1, 0.15) is 21.5 Å². The maximum absolute atomic E-state index is 13.2. The van der Waals surface area contributed by atoms with Crippen molar-refractivity contribution in [2.24, 2.45) is 5.73 Å². The maximum atomic E-state index is 13.2. The number of pyridine rings is 1. The van der Waals surface area contributed by atoms with Crippen LogP contribution >= 0.6 is 0 Å². The number of alkyl halides is 3. The highest BCUT2D eigenvalue weighted by Gasteiger charge is 2.30. The van der Waals surface area contributed by atoms with Crippen molar-refractivity contribution in [3.63, 3.8) is 0 Å². The van der Waals surface area contributed by atoms with Gasteiger partial charge in [0.15, 0.2) is 5.82 Å². The molecule has 0 saturated heterocycles. The molecule has 8 nitrogen and oxygen atoms in total. The molecule has 0 fully saturated rings. The van der Waals surface area contributed by atoms with Crippen molar-refractivity contribution in [2.45, 2.75) is 18.6 Å². The van der Waals surface area contributed by atoms with Gasteiger partial charge in [0.25, 0.3) is 11.8 Å². The third kappa shape index (κ3) is 5.89. The van der Waals surface area contributed by atoms with Crippen LogP contribution in [0.5, 0.6) is 0 Å². The highest BCUT2D eigenvalue weighted by molar-refractivity contribution is 6.38. The molecule has 2 heterocycles. The molecule has 0 aliphatic rings. The van der Waals surface area contributed by atoms with E-state index < -0.39 is 35.4 Å². The molecule has 0 saturated carbocycles. The number of benzene rings is 2. The van der Waals surface area contributed by atoms with Gasteiger partial charge in [0.05, 0.1) is 16.8 Å². The van der Waals surface area contributed by atoms with E-state index in [9.17, 15) is 27.6 Å². The van der Waals surface area contributed by atoms with E-state index >= 15 is 0 Å². The lowest BCUT2D eigenvalue weighted by Gasteiger charge is -2.17. The third-order valence-electron chi connectivity index (χ3n) is 5.49. The van der Waals surface area contributed by atoms with E-state index in [4.69, 9.17) is 5.73 Å². The Kier molecular flexibility index (Phi) is 7.14. The Morgan fingerprint density at radius 1 is 0.946 bits per heavy atom. The van der Waals surface area contributed by atoms with Crippen LogP contribution in [-0.4, -0.2) is 38.4 Å². The largest absolute Gasteiger partial charge is 0.416 e. The van der Waals surface area contributed by atoms with Gasteiger partial charge in [0.2, 0.25) is 5.78 Å². The molecule has 2 aromatic carbocycles. The minimum Gasteiger partial charge on any atom is -0.363 e. The number of rotatable bonds is 8. The number of ketones is 1. The summed E-state index contributed by atoms with van der Waals surface area (Å²) in [5.74, 6) is -2.71. The average Bonchev–Trinajstić information content (AvgIpc) is 3.38. The van der Waals surface area contributed by atoms with E-state index in [0.717, 1.165) is 12.1 Å². The van der Waals surface area contributed by atoms with Gasteiger partial charge in [-0.05, 0) is 35.9 Å². The molecule has 4 rings (SSSR count). The van der Waals surface area contributed by atoms with Crippen LogP contribution < -0.4 is 11.1 Å². The number of aromatic nitrogens is 3. The van der Waals surface area contributed by atoms with Gasteiger partial charge in [-0.2, -0.15) is 18.3 Å². The number of Topliss-reactive ketones (excluding diaryl/α,β-unsaturated/α-hetero) is 1. The molecule has 0 aliphatic carbocycles. The monoisotopic (exact) mass is 507 g/mol. The van der Waals surface area contributed by atoms with Gasteiger partial charge in [-0.15, -0.1) is 0 Å². The van der Waals surface area contributed by atoms with E-state index in [1.54, 1.807) is 36.4 Å². The fourth-order valence-corrected chi connectivity index (χ4v) is 3.65. The quantitative estimate of drug-likeness (QED) is 0.355. The van der Waals surface area contributed by atoms with E-state index in [1.165, 1.54) is 41.3 Å². The van der Waals surface area contributed by atoms with Crippen molar-refractivity contribution in [1.29, 1.82) is 0 Å². The first-order valence-corrected chi connectivity index (χ1v) is 11.0. The summed E-state index contributed by atoms with van der Waals surface area (Å²) in [4.78, 5) is 41.4. The van der Waals surface area contributed by atoms with Crippen LogP contribution in [-0.2, 0) is 22.2 Å². The Morgan fingerprint density at radius 3 is 2.30 bits per heavy atom. The summed E-state index contributed by atoms with van der Waals surface area (Å²) < 4.78 is 39.9. The molecular weight excluding hydrogens is 487 g/mol. The molecule has 2 amide bonds. The van der Waals surface area contributed by atoms with Gasteiger partial charge in [-0.1, -0.05) is 42.5 Å². The fourth-order valence-electron chi connectivity index (χ4n) is 3.65.